The van der Waals surface area contributed by atoms with Crippen molar-refractivity contribution in [2.45, 2.75) is 64.7 Å². The summed E-state index contributed by atoms with van der Waals surface area (Å²) in [6.45, 7) is 2.93. The first-order chi connectivity index (χ1) is 12.7. The lowest BCUT2D eigenvalue weighted by molar-refractivity contribution is -0.116. The highest BCUT2D eigenvalue weighted by Crippen LogP contribution is 2.29. The first-order valence-corrected chi connectivity index (χ1v) is 10.8. The zero-order valence-corrected chi connectivity index (χ0v) is 16.7. The Hall–Kier alpha value is -1.55. The molecule has 2 rings (SSSR count). The van der Waals surface area contributed by atoms with Gasteiger partial charge in [-0.1, -0.05) is 75.1 Å². The monoisotopic (exact) mass is 373 g/mol. The first-order valence-electron chi connectivity index (χ1n) is 9.92. The third-order valence-corrected chi connectivity index (χ3v) is 5.75. The van der Waals surface area contributed by atoms with Crippen molar-refractivity contribution < 1.29 is 9.59 Å². The molecule has 1 aliphatic carbocycles. The number of carbonyl (C=O) groups excluding carboxylic acids is 2. The minimum absolute atomic E-state index is 0.0609. The molecule has 1 atom stereocenters. The van der Waals surface area contributed by atoms with Crippen LogP contribution in [0.3, 0.4) is 0 Å². The number of aryl methyl sites for hydroxylation is 1. The number of rotatable bonds is 10. The number of nitrogens with one attached hydrogen (secondary N) is 1. The summed E-state index contributed by atoms with van der Waals surface area (Å²) < 4.78 is 0. The van der Waals surface area contributed by atoms with Crippen molar-refractivity contribution in [2.24, 2.45) is 5.92 Å². The summed E-state index contributed by atoms with van der Waals surface area (Å²) in [7, 11) is 0. The van der Waals surface area contributed by atoms with Crippen LogP contribution >= 0.6 is 11.8 Å². The molecule has 1 aliphatic rings. The summed E-state index contributed by atoms with van der Waals surface area (Å²) in [5, 5.41) is 4.69. The molecule has 0 heterocycles. The normalized spacial score (nSPS) is 16.4. The van der Waals surface area contributed by atoms with Gasteiger partial charge < -0.3 is 5.32 Å². The van der Waals surface area contributed by atoms with E-state index in [-0.39, 0.29) is 16.9 Å². The van der Waals surface area contributed by atoms with Gasteiger partial charge in [-0.2, -0.15) is 0 Å². The minimum atomic E-state index is -0.104. The van der Waals surface area contributed by atoms with Crippen LogP contribution in [0.15, 0.2) is 35.7 Å². The Labute approximate surface area is 162 Å². The van der Waals surface area contributed by atoms with Crippen LogP contribution in [0, 0.1) is 5.92 Å². The van der Waals surface area contributed by atoms with E-state index in [4.69, 9.17) is 0 Å². The quantitative estimate of drug-likeness (QED) is 0.461. The number of unbranched alkanes of at least 4 members (excludes halogenated alkanes) is 5. The first kappa shape index (κ1) is 20.8. The molecule has 26 heavy (non-hydrogen) atoms. The number of thioether (sulfide) groups is 1. The van der Waals surface area contributed by atoms with Gasteiger partial charge in [0.2, 0.25) is 5.91 Å². The third-order valence-electron chi connectivity index (χ3n) is 4.91. The van der Waals surface area contributed by atoms with E-state index in [1.807, 2.05) is 6.07 Å². The number of hydrogen-bond acceptors (Lipinski definition) is 3. The largest absolute Gasteiger partial charge is 0.353 e. The van der Waals surface area contributed by atoms with Gasteiger partial charge in [0.1, 0.15) is 0 Å². The van der Waals surface area contributed by atoms with Gasteiger partial charge in [-0.05, 0) is 42.2 Å². The zero-order valence-electron chi connectivity index (χ0n) is 15.8. The van der Waals surface area contributed by atoms with Gasteiger partial charge in [0.05, 0.1) is 0 Å². The predicted octanol–water partition coefficient (Wildman–Crippen LogP) is 5.04. The molecular weight excluding hydrogens is 342 g/mol. The number of fused-ring (bicyclic) bond motifs is 1. The van der Waals surface area contributed by atoms with Gasteiger partial charge in [0.15, 0.2) is 5.12 Å². The van der Waals surface area contributed by atoms with Crippen LogP contribution in [0.4, 0.5) is 0 Å². The van der Waals surface area contributed by atoms with E-state index < -0.39 is 0 Å². The van der Waals surface area contributed by atoms with Crippen LogP contribution in [0.25, 0.3) is 0 Å². The van der Waals surface area contributed by atoms with E-state index in [0.29, 0.717) is 6.54 Å². The summed E-state index contributed by atoms with van der Waals surface area (Å²) in [5.41, 5.74) is 2.66. The van der Waals surface area contributed by atoms with Gasteiger partial charge in [-0.3, -0.25) is 9.59 Å². The Balaban J connectivity index is 1.60. The minimum Gasteiger partial charge on any atom is -0.353 e. The van der Waals surface area contributed by atoms with E-state index >= 15 is 0 Å². The van der Waals surface area contributed by atoms with Crippen molar-refractivity contribution in [1.29, 1.82) is 0 Å². The molecule has 0 radical (unpaired) electrons. The molecular formula is C22H31NO2S. The highest BCUT2D eigenvalue weighted by Gasteiger charge is 2.24. The fourth-order valence-corrected chi connectivity index (χ4v) is 4.05. The summed E-state index contributed by atoms with van der Waals surface area (Å²) >= 11 is 1.16. The predicted molar refractivity (Wildman–Crippen MR) is 110 cm³/mol. The van der Waals surface area contributed by atoms with Crippen molar-refractivity contribution in [3.8, 4) is 0 Å². The lowest BCUT2D eigenvalue weighted by atomic mass is 9.85. The number of hydrogen-bond donors (Lipinski definition) is 1. The zero-order chi connectivity index (χ0) is 18.6. The molecule has 0 spiro atoms. The van der Waals surface area contributed by atoms with E-state index in [0.717, 1.165) is 37.4 Å². The fourth-order valence-electron chi connectivity index (χ4n) is 3.33. The molecule has 4 heteroatoms. The topological polar surface area (TPSA) is 46.2 Å². The molecule has 0 aliphatic heterocycles. The molecule has 0 aromatic heterocycles. The van der Waals surface area contributed by atoms with Crippen molar-refractivity contribution in [3.63, 3.8) is 0 Å². The molecule has 1 unspecified atom stereocenters. The van der Waals surface area contributed by atoms with E-state index in [2.05, 4.69) is 30.4 Å². The van der Waals surface area contributed by atoms with Gasteiger partial charge in [-0.15, -0.1) is 0 Å². The fraction of sp³-hybridized carbons (Fsp3) is 0.545. The highest BCUT2D eigenvalue weighted by molar-refractivity contribution is 8.16. The number of benzene rings is 1. The second-order valence-corrected chi connectivity index (χ2v) is 7.92. The maximum atomic E-state index is 12.4. The molecule has 0 saturated carbocycles. The van der Waals surface area contributed by atoms with Crippen LogP contribution in [0.1, 0.15) is 63.0 Å². The lowest BCUT2D eigenvalue weighted by Gasteiger charge is -2.22. The van der Waals surface area contributed by atoms with Crippen LogP contribution in [0.2, 0.25) is 0 Å². The molecule has 0 bridgehead atoms. The third kappa shape index (κ3) is 7.36. The Kier molecular flexibility index (Phi) is 9.54. The van der Waals surface area contributed by atoms with E-state index in [1.165, 1.54) is 49.3 Å². The summed E-state index contributed by atoms with van der Waals surface area (Å²) in [5.74, 6) is -0.0430. The maximum Gasteiger partial charge on any atom is 0.244 e. The summed E-state index contributed by atoms with van der Waals surface area (Å²) in [6, 6.07) is 8.36. The Morgan fingerprint density at radius 2 is 1.85 bits per heavy atom. The van der Waals surface area contributed by atoms with Gasteiger partial charge in [-0.25, -0.2) is 0 Å². The van der Waals surface area contributed by atoms with Crippen molar-refractivity contribution in [2.75, 3.05) is 6.54 Å². The van der Waals surface area contributed by atoms with Gasteiger partial charge in [0.25, 0.3) is 0 Å². The number of amides is 1. The van der Waals surface area contributed by atoms with E-state index in [9.17, 15) is 9.59 Å². The summed E-state index contributed by atoms with van der Waals surface area (Å²) in [6.07, 6.45) is 11.5. The molecule has 1 aromatic carbocycles. The number of carbonyl (C=O) groups is 2. The lowest BCUT2D eigenvalue weighted by Crippen LogP contribution is -2.22. The average molecular weight is 374 g/mol. The smallest absolute Gasteiger partial charge is 0.244 e. The maximum absolute atomic E-state index is 12.4. The average Bonchev–Trinajstić information content (AvgIpc) is 2.66. The van der Waals surface area contributed by atoms with Crippen LogP contribution in [-0.4, -0.2) is 17.6 Å². The molecule has 1 amide bonds. The van der Waals surface area contributed by atoms with Gasteiger partial charge >= 0.3 is 0 Å². The van der Waals surface area contributed by atoms with Crippen LogP contribution in [-0.2, 0) is 22.4 Å². The Morgan fingerprint density at radius 1 is 1.12 bits per heavy atom. The SMILES string of the molecule is CCCCCCCCNC(=O)C=CSC(=O)C1CCc2ccccc2C1. The van der Waals surface area contributed by atoms with Crippen molar-refractivity contribution in [3.05, 3.63) is 46.9 Å². The van der Waals surface area contributed by atoms with Crippen LogP contribution < -0.4 is 5.32 Å². The Bertz CT molecular complexity index is 612. The second-order valence-electron chi connectivity index (χ2n) is 7.01. The molecule has 3 nitrogen and oxygen atoms in total. The molecule has 0 saturated heterocycles. The molecule has 1 aromatic rings. The van der Waals surface area contributed by atoms with Crippen molar-refractivity contribution in [1.82, 2.24) is 5.32 Å². The Morgan fingerprint density at radius 3 is 2.65 bits per heavy atom. The molecule has 142 valence electrons. The standard InChI is InChI=1S/C22H31NO2S/c1-2-3-4-5-6-9-15-23-21(24)14-16-26-22(25)20-13-12-18-10-7-8-11-19(18)17-20/h7-8,10-11,14,16,20H,2-6,9,12-13,15,17H2,1H3,(H,23,24). The molecule has 0 fully saturated rings. The van der Waals surface area contributed by atoms with Crippen molar-refractivity contribution >= 4 is 22.8 Å². The summed E-state index contributed by atoms with van der Waals surface area (Å²) in [4.78, 5) is 24.1. The van der Waals surface area contributed by atoms with Gasteiger partial charge in [0, 0.05) is 18.5 Å². The molecule has 1 N–H and O–H groups in total. The van der Waals surface area contributed by atoms with E-state index in [1.54, 1.807) is 5.41 Å². The second kappa shape index (κ2) is 11.9. The van der Waals surface area contributed by atoms with Crippen LogP contribution in [0.5, 0.6) is 0 Å². The highest BCUT2D eigenvalue weighted by atomic mass is 32.2.